The van der Waals surface area contributed by atoms with Crippen LogP contribution in [0.4, 0.5) is 0 Å². The number of ether oxygens (including phenoxy) is 1. The maximum atomic E-state index is 6.41. The van der Waals surface area contributed by atoms with Gasteiger partial charge in [-0.05, 0) is 49.9 Å². The zero-order valence-corrected chi connectivity index (χ0v) is 12.1. The number of hydrogen-bond donors (Lipinski definition) is 1. The van der Waals surface area contributed by atoms with Crippen LogP contribution in [-0.2, 0) is 4.74 Å². The number of rotatable bonds is 1. The van der Waals surface area contributed by atoms with Gasteiger partial charge in [0.1, 0.15) is 0 Å². The predicted molar refractivity (Wildman–Crippen MR) is 74.6 cm³/mol. The fraction of sp³-hybridized carbons (Fsp3) is 1.00. The summed E-state index contributed by atoms with van der Waals surface area (Å²) in [6.07, 6.45) is 9.67. The van der Waals surface area contributed by atoms with Crippen molar-refractivity contribution in [2.45, 2.75) is 70.4 Å². The zero-order chi connectivity index (χ0) is 12.6. The third-order valence-corrected chi connectivity index (χ3v) is 5.49. The summed E-state index contributed by atoms with van der Waals surface area (Å²) in [4.78, 5) is 0. The van der Waals surface area contributed by atoms with Gasteiger partial charge in [0.05, 0.1) is 12.2 Å². The summed E-state index contributed by atoms with van der Waals surface area (Å²) >= 11 is 0. The second-order valence-electron chi connectivity index (χ2n) is 7.24. The van der Waals surface area contributed by atoms with E-state index in [4.69, 9.17) is 4.74 Å². The summed E-state index contributed by atoms with van der Waals surface area (Å²) in [5.41, 5.74) is 0.171. The minimum Gasteiger partial charge on any atom is -0.372 e. The quantitative estimate of drug-likeness (QED) is 0.771. The molecule has 2 saturated carbocycles. The molecule has 2 nitrogen and oxygen atoms in total. The van der Waals surface area contributed by atoms with Crippen LogP contribution < -0.4 is 5.32 Å². The minimum absolute atomic E-state index is 0.171. The van der Waals surface area contributed by atoms with Crippen molar-refractivity contribution in [2.24, 2.45) is 17.8 Å². The Labute approximate surface area is 112 Å². The summed E-state index contributed by atoms with van der Waals surface area (Å²) in [5, 5.41) is 3.84. The van der Waals surface area contributed by atoms with Crippen LogP contribution >= 0.6 is 0 Å². The third kappa shape index (κ3) is 2.34. The molecule has 3 rings (SSSR count). The maximum absolute atomic E-state index is 6.41. The van der Waals surface area contributed by atoms with E-state index < -0.39 is 0 Å². The van der Waals surface area contributed by atoms with Crippen molar-refractivity contribution < 1.29 is 4.74 Å². The SMILES string of the molecule is CC1CC(C)CC2(C1)OCCNC2C1CCCC1. The molecular weight excluding hydrogens is 222 g/mol. The molecular formula is C16H29NO. The number of morpholine rings is 1. The van der Waals surface area contributed by atoms with E-state index in [2.05, 4.69) is 19.2 Å². The molecule has 0 amide bonds. The molecule has 0 aromatic rings. The first-order valence-electron chi connectivity index (χ1n) is 8.07. The summed E-state index contributed by atoms with van der Waals surface area (Å²) < 4.78 is 6.41. The minimum atomic E-state index is 0.171. The lowest BCUT2D eigenvalue weighted by atomic mass is 9.67. The Hall–Kier alpha value is -0.0800. The van der Waals surface area contributed by atoms with Gasteiger partial charge >= 0.3 is 0 Å². The van der Waals surface area contributed by atoms with Gasteiger partial charge in [0.25, 0.3) is 0 Å². The van der Waals surface area contributed by atoms with E-state index >= 15 is 0 Å². The maximum Gasteiger partial charge on any atom is 0.0843 e. The van der Waals surface area contributed by atoms with Gasteiger partial charge < -0.3 is 10.1 Å². The van der Waals surface area contributed by atoms with E-state index in [0.29, 0.717) is 6.04 Å². The third-order valence-electron chi connectivity index (χ3n) is 5.49. The standard InChI is InChI=1S/C16H29NO/c1-12-9-13(2)11-16(10-12)15(17-7-8-18-16)14-5-3-4-6-14/h12-15,17H,3-11H2,1-2H3. The first kappa shape index (κ1) is 12.9. The van der Waals surface area contributed by atoms with Gasteiger partial charge in [-0.2, -0.15) is 0 Å². The Kier molecular flexibility index (Phi) is 3.68. The summed E-state index contributed by atoms with van der Waals surface area (Å²) in [7, 11) is 0. The van der Waals surface area contributed by atoms with Crippen LogP contribution in [0.25, 0.3) is 0 Å². The Morgan fingerprint density at radius 3 is 2.39 bits per heavy atom. The van der Waals surface area contributed by atoms with Crippen LogP contribution in [0.5, 0.6) is 0 Å². The molecule has 3 atom stereocenters. The van der Waals surface area contributed by atoms with Gasteiger partial charge in [-0.3, -0.25) is 0 Å². The zero-order valence-electron chi connectivity index (χ0n) is 12.1. The van der Waals surface area contributed by atoms with Crippen LogP contribution in [-0.4, -0.2) is 24.8 Å². The molecule has 2 aliphatic carbocycles. The molecule has 1 N–H and O–H groups in total. The normalized spacial score (nSPS) is 46.7. The fourth-order valence-corrected chi connectivity index (χ4v) is 5.12. The van der Waals surface area contributed by atoms with Crippen molar-refractivity contribution in [2.75, 3.05) is 13.2 Å². The van der Waals surface area contributed by atoms with Crippen LogP contribution in [0.2, 0.25) is 0 Å². The topological polar surface area (TPSA) is 21.3 Å². The number of nitrogens with one attached hydrogen (secondary N) is 1. The molecule has 104 valence electrons. The van der Waals surface area contributed by atoms with E-state index in [9.17, 15) is 0 Å². The molecule has 3 fully saturated rings. The predicted octanol–water partition coefficient (Wildman–Crippen LogP) is 3.36. The van der Waals surface area contributed by atoms with Crippen molar-refractivity contribution in [3.8, 4) is 0 Å². The molecule has 1 spiro atoms. The Morgan fingerprint density at radius 2 is 1.72 bits per heavy atom. The molecule has 1 saturated heterocycles. The van der Waals surface area contributed by atoms with Gasteiger partial charge in [0, 0.05) is 12.6 Å². The van der Waals surface area contributed by atoms with E-state index in [-0.39, 0.29) is 5.60 Å². The van der Waals surface area contributed by atoms with E-state index in [1.807, 2.05) is 0 Å². The van der Waals surface area contributed by atoms with Crippen LogP contribution in [0.1, 0.15) is 58.8 Å². The van der Waals surface area contributed by atoms with Crippen molar-refractivity contribution in [3.05, 3.63) is 0 Å². The van der Waals surface area contributed by atoms with Crippen molar-refractivity contribution in [3.63, 3.8) is 0 Å². The molecule has 1 heterocycles. The average molecular weight is 251 g/mol. The average Bonchev–Trinajstić information content (AvgIpc) is 2.81. The smallest absolute Gasteiger partial charge is 0.0843 e. The highest BCUT2D eigenvalue weighted by Gasteiger charge is 2.49. The summed E-state index contributed by atoms with van der Waals surface area (Å²) in [5.74, 6) is 2.54. The molecule has 0 aromatic carbocycles. The largest absolute Gasteiger partial charge is 0.372 e. The van der Waals surface area contributed by atoms with Crippen LogP contribution in [0.15, 0.2) is 0 Å². The highest BCUT2D eigenvalue weighted by atomic mass is 16.5. The Balaban J connectivity index is 1.80. The first-order valence-corrected chi connectivity index (χ1v) is 8.07. The molecule has 18 heavy (non-hydrogen) atoms. The van der Waals surface area contributed by atoms with E-state index in [1.54, 1.807) is 0 Å². The second kappa shape index (κ2) is 5.13. The first-order chi connectivity index (χ1) is 8.70. The second-order valence-corrected chi connectivity index (χ2v) is 7.24. The van der Waals surface area contributed by atoms with Gasteiger partial charge in [0.15, 0.2) is 0 Å². The highest BCUT2D eigenvalue weighted by molar-refractivity contribution is 5.03. The van der Waals surface area contributed by atoms with Gasteiger partial charge in [0.2, 0.25) is 0 Å². The molecule has 1 aliphatic heterocycles. The molecule has 2 heteroatoms. The summed E-state index contributed by atoms with van der Waals surface area (Å²) in [6.45, 7) is 6.82. The number of hydrogen-bond acceptors (Lipinski definition) is 2. The molecule has 0 bridgehead atoms. The molecule has 0 aromatic heterocycles. The van der Waals surface area contributed by atoms with E-state index in [0.717, 1.165) is 30.9 Å². The van der Waals surface area contributed by atoms with Crippen molar-refractivity contribution in [1.29, 1.82) is 0 Å². The van der Waals surface area contributed by atoms with Gasteiger partial charge in [-0.15, -0.1) is 0 Å². The van der Waals surface area contributed by atoms with Gasteiger partial charge in [-0.1, -0.05) is 26.7 Å². The Bertz CT molecular complexity index is 275. The molecule has 3 aliphatic rings. The van der Waals surface area contributed by atoms with Crippen LogP contribution in [0.3, 0.4) is 0 Å². The lowest BCUT2D eigenvalue weighted by Crippen LogP contribution is -2.63. The van der Waals surface area contributed by atoms with Crippen molar-refractivity contribution in [1.82, 2.24) is 5.32 Å². The highest BCUT2D eigenvalue weighted by Crippen LogP contribution is 2.46. The molecule has 0 radical (unpaired) electrons. The van der Waals surface area contributed by atoms with Gasteiger partial charge in [-0.25, -0.2) is 0 Å². The van der Waals surface area contributed by atoms with Crippen LogP contribution in [0, 0.1) is 17.8 Å². The Morgan fingerprint density at radius 1 is 1.06 bits per heavy atom. The fourth-order valence-electron chi connectivity index (χ4n) is 5.12. The monoisotopic (exact) mass is 251 g/mol. The summed E-state index contributed by atoms with van der Waals surface area (Å²) in [6, 6.07) is 0.638. The van der Waals surface area contributed by atoms with E-state index in [1.165, 1.54) is 44.9 Å². The lowest BCUT2D eigenvalue weighted by molar-refractivity contribution is -0.147. The lowest BCUT2D eigenvalue weighted by Gasteiger charge is -2.52. The molecule has 3 unspecified atom stereocenters. The van der Waals surface area contributed by atoms with Crippen molar-refractivity contribution >= 4 is 0 Å².